The minimum absolute atomic E-state index is 0.0143. The first-order valence-corrected chi connectivity index (χ1v) is 8.92. The number of nitrogens with one attached hydrogen (secondary N) is 2. The topological polar surface area (TPSA) is 83.1 Å². The third-order valence-electron chi connectivity index (χ3n) is 4.37. The van der Waals surface area contributed by atoms with Crippen molar-refractivity contribution in [3.63, 3.8) is 0 Å². The van der Waals surface area contributed by atoms with E-state index in [2.05, 4.69) is 15.5 Å². The van der Waals surface area contributed by atoms with Crippen LogP contribution in [-0.2, 0) is 4.79 Å². The first-order chi connectivity index (χ1) is 12.5. The van der Waals surface area contributed by atoms with E-state index in [1.54, 1.807) is 4.90 Å². The average Bonchev–Trinajstić information content (AvgIpc) is 2.98. The molecule has 2 aliphatic rings. The van der Waals surface area contributed by atoms with E-state index in [9.17, 15) is 9.59 Å². The molecule has 3 amide bonds. The summed E-state index contributed by atoms with van der Waals surface area (Å²) in [6, 6.07) is 5.04. The number of hydrogen-bond acceptors (Lipinski definition) is 5. The van der Waals surface area contributed by atoms with Crippen molar-refractivity contribution in [3.8, 4) is 11.5 Å². The van der Waals surface area contributed by atoms with Crippen molar-refractivity contribution in [2.24, 2.45) is 0 Å². The van der Waals surface area contributed by atoms with Gasteiger partial charge in [0.05, 0.1) is 6.04 Å². The van der Waals surface area contributed by atoms with Gasteiger partial charge in [-0.3, -0.25) is 4.79 Å². The predicted octanol–water partition coefficient (Wildman–Crippen LogP) is 0.814. The van der Waals surface area contributed by atoms with Crippen LogP contribution in [0.2, 0.25) is 0 Å². The number of urea groups is 1. The molecule has 1 aromatic rings. The van der Waals surface area contributed by atoms with E-state index in [4.69, 9.17) is 9.47 Å². The summed E-state index contributed by atoms with van der Waals surface area (Å²) in [5.41, 5.74) is 0.759. The maximum atomic E-state index is 12.3. The Balaban J connectivity index is 1.51. The number of hydrogen-bond donors (Lipinski definition) is 2. The summed E-state index contributed by atoms with van der Waals surface area (Å²) in [5.74, 6) is 1.33. The molecule has 0 radical (unpaired) electrons. The first-order valence-electron chi connectivity index (χ1n) is 8.92. The van der Waals surface area contributed by atoms with Gasteiger partial charge >= 0.3 is 6.03 Å². The Hall–Kier alpha value is -2.48. The third kappa shape index (κ3) is 4.57. The zero-order valence-electron chi connectivity index (χ0n) is 15.3. The molecular formula is C18H26N4O4. The van der Waals surface area contributed by atoms with Crippen LogP contribution in [0.25, 0.3) is 0 Å². The van der Waals surface area contributed by atoms with E-state index in [1.165, 1.54) is 0 Å². The largest absolute Gasteiger partial charge is 0.486 e. The predicted molar refractivity (Wildman–Crippen MR) is 97.9 cm³/mol. The van der Waals surface area contributed by atoms with Gasteiger partial charge in [-0.05, 0) is 39.2 Å². The van der Waals surface area contributed by atoms with E-state index in [1.807, 2.05) is 32.3 Å². The molecule has 1 aromatic carbocycles. The summed E-state index contributed by atoms with van der Waals surface area (Å²) in [4.78, 5) is 28.1. The maximum Gasteiger partial charge on any atom is 0.315 e. The monoisotopic (exact) mass is 362 g/mol. The lowest BCUT2D eigenvalue weighted by Crippen LogP contribution is -2.44. The molecule has 8 nitrogen and oxygen atoms in total. The number of carbonyl (C=O) groups excluding carboxylic acids is 2. The fourth-order valence-electron chi connectivity index (χ4n) is 3.09. The van der Waals surface area contributed by atoms with Crippen LogP contribution in [0.15, 0.2) is 18.2 Å². The van der Waals surface area contributed by atoms with Gasteiger partial charge in [0, 0.05) is 31.3 Å². The molecule has 0 saturated carbocycles. The number of anilines is 1. The Bertz CT molecular complexity index is 665. The van der Waals surface area contributed by atoms with Gasteiger partial charge in [-0.2, -0.15) is 0 Å². The Labute approximate surface area is 153 Å². The summed E-state index contributed by atoms with van der Waals surface area (Å²) < 4.78 is 11.1. The third-order valence-corrected chi connectivity index (χ3v) is 4.37. The van der Waals surface area contributed by atoms with Crippen molar-refractivity contribution in [1.29, 1.82) is 0 Å². The normalized spacial score (nSPS) is 19.0. The molecule has 1 saturated heterocycles. The summed E-state index contributed by atoms with van der Waals surface area (Å²) in [6.45, 7) is 3.01. The highest BCUT2D eigenvalue weighted by Gasteiger charge is 2.32. The van der Waals surface area contributed by atoms with Gasteiger partial charge in [0.2, 0.25) is 5.91 Å². The van der Waals surface area contributed by atoms with Crippen molar-refractivity contribution in [3.05, 3.63) is 18.2 Å². The second-order valence-corrected chi connectivity index (χ2v) is 6.79. The number of fused-ring (bicyclic) bond motifs is 1. The molecule has 2 N–H and O–H groups in total. The second-order valence-electron chi connectivity index (χ2n) is 6.79. The molecule has 0 unspecified atom stereocenters. The van der Waals surface area contributed by atoms with Gasteiger partial charge in [-0.25, -0.2) is 4.79 Å². The van der Waals surface area contributed by atoms with Crippen molar-refractivity contribution >= 4 is 17.6 Å². The van der Waals surface area contributed by atoms with Crippen molar-refractivity contribution in [1.82, 2.24) is 15.5 Å². The van der Waals surface area contributed by atoms with E-state index in [-0.39, 0.29) is 18.0 Å². The van der Waals surface area contributed by atoms with Gasteiger partial charge in [-0.15, -0.1) is 0 Å². The highest BCUT2D eigenvalue weighted by molar-refractivity contribution is 5.97. The number of ether oxygens (including phenoxy) is 2. The van der Waals surface area contributed by atoms with Crippen LogP contribution in [0.1, 0.15) is 12.8 Å². The molecule has 1 fully saturated rings. The van der Waals surface area contributed by atoms with E-state index in [0.717, 1.165) is 18.7 Å². The SMILES string of the molecule is CN(C)CCCNC(=O)N[C@@H]1CC(=O)N(c2ccc3c(c2)OCCO3)C1. The van der Waals surface area contributed by atoms with Crippen molar-refractivity contribution in [2.45, 2.75) is 18.9 Å². The fourth-order valence-corrected chi connectivity index (χ4v) is 3.09. The molecule has 3 rings (SSSR count). The molecule has 1 atom stereocenters. The zero-order valence-corrected chi connectivity index (χ0v) is 15.3. The summed E-state index contributed by atoms with van der Waals surface area (Å²) >= 11 is 0. The lowest BCUT2D eigenvalue weighted by molar-refractivity contribution is -0.117. The fraction of sp³-hybridized carbons (Fsp3) is 0.556. The van der Waals surface area contributed by atoms with Gasteiger partial charge in [0.15, 0.2) is 11.5 Å². The highest BCUT2D eigenvalue weighted by Crippen LogP contribution is 2.35. The molecule has 0 bridgehead atoms. The molecule has 0 aliphatic carbocycles. The molecule has 2 aliphatic heterocycles. The van der Waals surface area contributed by atoms with Gasteiger partial charge in [-0.1, -0.05) is 0 Å². The number of rotatable bonds is 6. The number of amides is 3. The number of benzene rings is 1. The van der Waals surface area contributed by atoms with Crippen LogP contribution in [0, 0.1) is 0 Å². The summed E-state index contributed by atoms with van der Waals surface area (Å²) in [5, 5.41) is 5.71. The Kier molecular flexibility index (Phi) is 5.82. The van der Waals surface area contributed by atoms with E-state index < -0.39 is 0 Å². The van der Waals surface area contributed by atoms with Crippen LogP contribution in [0.3, 0.4) is 0 Å². The minimum atomic E-state index is -0.231. The zero-order chi connectivity index (χ0) is 18.5. The van der Waals surface area contributed by atoms with Gasteiger partial charge in [0.1, 0.15) is 13.2 Å². The Morgan fingerprint density at radius 2 is 2.04 bits per heavy atom. The molecule has 8 heteroatoms. The van der Waals surface area contributed by atoms with Crippen molar-refractivity contribution < 1.29 is 19.1 Å². The lowest BCUT2D eigenvalue weighted by atomic mass is 10.2. The number of nitrogens with zero attached hydrogens (tertiary/aromatic N) is 2. The van der Waals surface area contributed by atoms with E-state index >= 15 is 0 Å². The molecule has 26 heavy (non-hydrogen) atoms. The smallest absolute Gasteiger partial charge is 0.315 e. The van der Waals surface area contributed by atoms with Gasteiger partial charge < -0.3 is 29.9 Å². The highest BCUT2D eigenvalue weighted by atomic mass is 16.6. The second kappa shape index (κ2) is 8.27. The minimum Gasteiger partial charge on any atom is -0.486 e. The van der Waals surface area contributed by atoms with E-state index in [0.29, 0.717) is 44.2 Å². The Morgan fingerprint density at radius 1 is 1.27 bits per heavy atom. The van der Waals surface area contributed by atoms with Crippen LogP contribution in [-0.4, -0.2) is 69.8 Å². The molecule has 2 heterocycles. The van der Waals surface area contributed by atoms with Crippen LogP contribution < -0.4 is 25.0 Å². The summed E-state index contributed by atoms with van der Waals surface area (Å²) in [7, 11) is 3.99. The van der Waals surface area contributed by atoms with Crippen LogP contribution in [0.4, 0.5) is 10.5 Å². The van der Waals surface area contributed by atoms with Crippen LogP contribution in [0.5, 0.6) is 11.5 Å². The molecule has 142 valence electrons. The number of carbonyl (C=O) groups is 2. The van der Waals surface area contributed by atoms with Crippen LogP contribution >= 0.6 is 0 Å². The first kappa shape index (κ1) is 18.3. The molecule has 0 aromatic heterocycles. The average molecular weight is 362 g/mol. The maximum absolute atomic E-state index is 12.3. The summed E-state index contributed by atoms with van der Waals surface area (Å²) in [6.07, 6.45) is 1.17. The van der Waals surface area contributed by atoms with Crippen molar-refractivity contribution in [2.75, 3.05) is 51.8 Å². The van der Waals surface area contributed by atoms with Gasteiger partial charge in [0.25, 0.3) is 0 Å². The molecule has 0 spiro atoms. The quantitative estimate of drug-likeness (QED) is 0.732. The standard InChI is InChI=1S/C18H26N4O4/c1-21(2)7-3-6-19-18(24)20-13-10-17(23)22(12-13)14-4-5-15-16(11-14)26-9-8-25-15/h4-5,11,13H,3,6-10,12H2,1-2H3,(H2,19,20,24)/t13-/m1/s1. The molecular weight excluding hydrogens is 336 g/mol. The Morgan fingerprint density at radius 3 is 2.81 bits per heavy atom. The lowest BCUT2D eigenvalue weighted by Gasteiger charge is -2.22.